The van der Waals surface area contributed by atoms with E-state index in [2.05, 4.69) is 5.32 Å². The number of piperidine rings is 1. The van der Waals surface area contributed by atoms with Crippen LogP contribution in [0.2, 0.25) is 0 Å². The van der Waals surface area contributed by atoms with Crippen LogP contribution in [0.5, 0.6) is 0 Å². The van der Waals surface area contributed by atoms with Crippen molar-refractivity contribution in [3.05, 3.63) is 29.8 Å². The number of ether oxygens (including phenoxy) is 2. The summed E-state index contributed by atoms with van der Waals surface area (Å²) in [5, 5.41) is 9.89. The predicted molar refractivity (Wildman–Crippen MR) is 121 cm³/mol. The van der Waals surface area contributed by atoms with E-state index in [0.29, 0.717) is 50.2 Å². The Morgan fingerprint density at radius 1 is 1.30 bits per heavy atom. The molecule has 2 heterocycles. The Labute approximate surface area is 193 Å². The van der Waals surface area contributed by atoms with E-state index >= 15 is 0 Å². The fourth-order valence-electron chi connectivity index (χ4n) is 4.27. The highest BCUT2D eigenvalue weighted by molar-refractivity contribution is 6.00. The first-order valence-corrected chi connectivity index (χ1v) is 11.0. The minimum atomic E-state index is -0.473. The van der Waals surface area contributed by atoms with Gasteiger partial charge in [0.05, 0.1) is 17.6 Å². The van der Waals surface area contributed by atoms with Crippen molar-refractivity contribution < 1.29 is 33.8 Å². The van der Waals surface area contributed by atoms with Gasteiger partial charge in [-0.2, -0.15) is 0 Å². The van der Waals surface area contributed by atoms with Gasteiger partial charge in [0.1, 0.15) is 12.6 Å². The summed E-state index contributed by atoms with van der Waals surface area (Å²) in [6, 6.07) is 7.14. The van der Waals surface area contributed by atoms with Gasteiger partial charge in [-0.1, -0.05) is 12.1 Å². The molecule has 3 rings (SSSR count). The molecule has 2 fully saturated rings. The standard InChI is InChI=1S/C22H31N3O5.CH2O2/c1-4-29-19(26)14-23-18-8-6-5-7-17(18)20(27)25-11-9-22(10-12-25)13-16(15-24(2)3)30-21(22)28;2-1-3/h5-8,16,23H,4,9-15H2,1-3H3;1H,(H,2,3). The number of hydrogen-bond donors (Lipinski definition) is 2. The van der Waals surface area contributed by atoms with Crippen LogP contribution in [-0.2, 0) is 23.9 Å². The van der Waals surface area contributed by atoms with Crippen molar-refractivity contribution in [2.45, 2.75) is 32.3 Å². The maximum Gasteiger partial charge on any atom is 0.325 e. The second-order valence-corrected chi connectivity index (χ2v) is 8.38. The van der Waals surface area contributed by atoms with Gasteiger partial charge in [0, 0.05) is 31.7 Å². The van der Waals surface area contributed by atoms with Gasteiger partial charge in [-0.25, -0.2) is 0 Å². The molecule has 0 radical (unpaired) electrons. The summed E-state index contributed by atoms with van der Waals surface area (Å²) in [5.74, 6) is -0.599. The number of anilines is 1. The summed E-state index contributed by atoms with van der Waals surface area (Å²) in [4.78, 5) is 49.5. The van der Waals surface area contributed by atoms with E-state index in [0.717, 1.165) is 6.54 Å². The lowest BCUT2D eigenvalue weighted by Gasteiger charge is -2.36. The van der Waals surface area contributed by atoms with Crippen LogP contribution >= 0.6 is 0 Å². The molecule has 10 nitrogen and oxygen atoms in total. The third-order valence-corrected chi connectivity index (χ3v) is 5.79. The number of hydrogen-bond acceptors (Lipinski definition) is 8. The van der Waals surface area contributed by atoms with Gasteiger partial charge < -0.3 is 29.7 Å². The molecule has 2 aliphatic rings. The van der Waals surface area contributed by atoms with E-state index in [1.54, 1.807) is 30.0 Å². The maximum atomic E-state index is 13.1. The number of rotatable bonds is 7. The number of esters is 2. The van der Waals surface area contributed by atoms with Crippen LogP contribution in [-0.4, -0.2) is 92.2 Å². The van der Waals surface area contributed by atoms with E-state index in [4.69, 9.17) is 19.4 Å². The van der Waals surface area contributed by atoms with E-state index in [-0.39, 0.29) is 37.0 Å². The average Bonchev–Trinajstić information content (AvgIpc) is 3.06. The summed E-state index contributed by atoms with van der Waals surface area (Å²) in [6.45, 7) is 3.55. The summed E-state index contributed by atoms with van der Waals surface area (Å²) in [7, 11) is 3.93. The zero-order chi connectivity index (χ0) is 24.4. The van der Waals surface area contributed by atoms with Gasteiger partial charge in [-0.05, 0) is 46.0 Å². The Kier molecular flexibility index (Phi) is 9.65. The molecule has 0 aliphatic carbocycles. The molecular formula is C23H33N3O7. The van der Waals surface area contributed by atoms with Crippen molar-refractivity contribution in [2.24, 2.45) is 5.41 Å². The van der Waals surface area contributed by atoms with Gasteiger partial charge in [-0.15, -0.1) is 0 Å². The van der Waals surface area contributed by atoms with Crippen LogP contribution < -0.4 is 5.32 Å². The molecule has 1 aromatic carbocycles. The molecule has 1 amide bonds. The molecule has 1 atom stereocenters. The Balaban J connectivity index is 0.00000122. The number of cyclic esters (lactones) is 1. The quantitative estimate of drug-likeness (QED) is 0.457. The molecule has 2 N–H and O–H groups in total. The number of carbonyl (C=O) groups is 4. The van der Waals surface area contributed by atoms with Gasteiger partial charge in [0.2, 0.25) is 0 Å². The molecule has 10 heteroatoms. The third-order valence-electron chi connectivity index (χ3n) is 5.79. The molecule has 1 aromatic rings. The fraction of sp³-hybridized carbons (Fsp3) is 0.565. The van der Waals surface area contributed by atoms with Crippen LogP contribution in [0.25, 0.3) is 0 Å². The molecule has 1 unspecified atom stereocenters. The van der Waals surface area contributed by atoms with Crippen molar-refractivity contribution in [3.8, 4) is 0 Å². The number of amides is 1. The molecule has 182 valence electrons. The molecule has 33 heavy (non-hydrogen) atoms. The fourth-order valence-corrected chi connectivity index (χ4v) is 4.27. The summed E-state index contributed by atoms with van der Waals surface area (Å²) < 4.78 is 10.5. The minimum absolute atomic E-state index is 0.000346. The zero-order valence-corrected chi connectivity index (χ0v) is 19.4. The van der Waals surface area contributed by atoms with E-state index in [9.17, 15) is 14.4 Å². The number of carboxylic acid groups (broad SMARTS) is 1. The van der Waals surface area contributed by atoms with Crippen LogP contribution in [0.1, 0.15) is 36.5 Å². The number of nitrogens with zero attached hydrogens (tertiary/aromatic N) is 2. The van der Waals surface area contributed by atoms with Crippen LogP contribution in [0.15, 0.2) is 24.3 Å². The van der Waals surface area contributed by atoms with Crippen LogP contribution in [0.3, 0.4) is 0 Å². The highest BCUT2D eigenvalue weighted by Gasteiger charge is 2.50. The lowest BCUT2D eigenvalue weighted by molar-refractivity contribution is -0.151. The van der Waals surface area contributed by atoms with E-state index in [1.165, 1.54) is 0 Å². The number of para-hydroxylation sites is 1. The first-order valence-electron chi connectivity index (χ1n) is 11.0. The van der Waals surface area contributed by atoms with Gasteiger partial charge in [0.25, 0.3) is 12.4 Å². The monoisotopic (exact) mass is 463 g/mol. The number of nitrogens with one attached hydrogen (secondary N) is 1. The first kappa shape index (κ1) is 26.1. The Hall–Kier alpha value is -3.14. The zero-order valence-electron chi connectivity index (χ0n) is 19.4. The minimum Gasteiger partial charge on any atom is -0.483 e. The molecule has 0 aromatic heterocycles. The van der Waals surface area contributed by atoms with Crippen molar-refractivity contribution >= 4 is 30.0 Å². The lowest BCUT2D eigenvalue weighted by Crippen LogP contribution is -2.45. The second-order valence-electron chi connectivity index (χ2n) is 8.38. The summed E-state index contributed by atoms with van der Waals surface area (Å²) >= 11 is 0. The maximum absolute atomic E-state index is 13.1. The van der Waals surface area contributed by atoms with Crippen molar-refractivity contribution in [1.82, 2.24) is 9.80 Å². The summed E-state index contributed by atoms with van der Waals surface area (Å²) in [5.41, 5.74) is 0.637. The molecular weight excluding hydrogens is 430 g/mol. The number of carbonyl (C=O) groups excluding carboxylic acids is 3. The van der Waals surface area contributed by atoms with Crippen LogP contribution in [0, 0.1) is 5.41 Å². The smallest absolute Gasteiger partial charge is 0.325 e. The second kappa shape index (κ2) is 12.2. The largest absolute Gasteiger partial charge is 0.483 e. The summed E-state index contributed by atoms with van der Waals surface area (Å²) in [6.07, 6.45) is 1.85. The molecule has 0 saturated carbocycles. The topological polar surface area (TPSA) is 125 Å². The SMILES string of the molecule is CCOC(=O)CNc1ccccc1C(=O)N1CCC2(CC1)CC(CN(C)C)OC2=O.O=CO. The molecule has 0 bridgehead atoms. The van der Waals surface area contributed by atoms with Gasteiger partial charge in [0.15, 0.2) is 0 Å². The highest BCUT2D eigenvalue weighted by atomic mass is 16.6. The Morgan fingerprint density at radius 2 is 1.94 bits per heavy atom. The number of likely N-dealkylation sites (N-methyl/N-ethyl adjacent to an activating group) is 1. The predicted octanol–water partition coefficient (Wildman–Crippen LogP) is 1.46. The number of likely N-dealkylation sites (tertiary alicyclic amines) is 1. The van der Waals surface area contributed by atoms with Crippen molar-refractivity contribution in [3.63, 3.8) is 0 Å². The molecule has 2 saturated heterocycles. The highest BCUT2D eigenvalue weighted by Crippen LogP contribution is 2.43. The van der Waals surface area contributed by atoms with Gasteiger partial charge in [-0.3, -0.25) is 19.2 Å². The van der Waals surface area contributed by atoms with Crippen molar-refractivity contribution in [1.29, 1.82) is 0 Å². The van der Waals surface area contributed by atoms with E-state index < -0.39 is 5.41 Å². The van der Waals surface area contributed by atoms with E-state index in [1.807, 2.05) is 25.1 Å². The van der Waals surface area contributed by atoms with Crippen LogP contribution in [0.4, 0.5) is 5.69 Å². The van der Waals surface area contributed by atoms with Crippen molar-refractivity contribution in [2.75, 3.05) is 52.2 Å². The average molecular weight is 464 g/mol. The van der Waals surface area contributed by atoms with Gasteiger partial charge >= 0.3 is 11.9 Å². The lowest BCUT2D eigenvalue weighted by atomic mass is 9.76. The normalized spacial score (nSPS) is 18.8. The molecule has 2 aliphatic heterocycles. The first-order chi connectivity index (χ1) is 15.8. The Morgan fingerprint density at radius 3 is 2.55 bits per heavy atom. The third kappa shape index (κ3) is 6.92. The molecule has 1 spiro atoms. The Bertz CT molecular complexity index is 835. The number of benzene rings is 1.